The number of aliphatic hydroxyl groups excluding tert-OH is 3. The molecule has 198 valence electrons. The summed E-state index contributed by atoms with van der Waals surface area (Å²) in [5.74, 6) is -0.517. The fourth-order valence-electron chi connectivity index (χ4n) is 10.8. The van der Waals surface area contributed by atoms with Crippen LogP contribution in [0.5, 0.6) is 0 Å². The van der Waals surface area contributed by atoms with Crippen molar-refractivity contribution in [1.82, 2.24) is 0 Å². The Morgan fingerprint density at radius 1 is 0.857 bits per heavy atom. The van der Waals surface area contributed by atoms with Gasteiger partial charge in [-0.2, -0.15) is 0 Å². The summed E-state index contributed by atoms with van der Waals surface area (Å²) in [4.78, 5) is 12.8. The summed E-state index contributed by atoms with van der Waals surface area (Å²) in [5, 5.41) is 45.0. The van der Waals surface area contributed by atoms with Crippen molar-refractivity contribution in [2.24, 2.45) is 50.2 Å². The fourth-order valence-corrected chi connectivity index (χ4v) is 10.8. The Bertz CT molecular complexity index is 952. The molecule has 5 aliphatic carbocycles. The molecular formula is C30H48O5. The lowest BCUT2D eigenvalue weighted by Gasteiger charge is -2.72. The van der Waals surface area contributed by atoms with Gasteiger partial charge in [0.25, 0.3) is 0 Å². The molecule has 35 heavy (non-hydrogen) atoms. The van der Waals surface area contributed by atoms with Gasteiger partial charge in [0, 0.05) is 5.41 Å². The molecular weight excluding hydrogens is 440 g/mol. The first-order valence-corrected chi connectivity index (χ1v) is 14.0. The largest absolute Gasteiger partial charge is 0.481 e. The Labute approximate surface area is 211 Å². The van der Waals surface area contributed by atoms with Gasteiger partial charge in [-0.05, 0) is 90.8 Å². The van der Waals surface area contributed by atoms with Gasteiger partial charge in [-0.3, -0.25) is 4.79 Å². The summed E-state index contributed by atoms with van der Waals surface area (Å²) < 4.78 is 0. The van der Waals surface area contributed by atoms with E-state index in [1.807, 2.05) is 0 Å². The number of rotatable bonds is 1. The van der Waals surface area contributed by atoms with Crippen molar-refractivity contribution in [3.05, 3.63) is 11.6 Å². The molecule has 10 atom stereocenters. The predicted octanol–water partition coefficient (Wildman–Crippen LogP) is 5.18. The van der Waals surface area contributed by atoms with E-state index in [4.69, 9.17) is 0 Å². The smallest absolute Gasteiger partial charge is 0.313 e. The zero-order valence-electron chi connectivity index (χ0n) is 22.9. The van der Waals surface area contributed by atoms with Crippen LogP contribution in [-0.4, -0.2) is 44.7 Å². The Kier molecular flexibility index (Phi) is 5.40. The lowest BCUT2D eigenvalue weighted by atomic mass is 9.32. The normalized spacial score (nSPS) is 54.4. The van der Waals surface area contributed by atoms with E-state index in [0.29, 0.717) is 18.3 Å². The van der Waals surface area contributed by atoms with Crippen molar-refractivity contribution in [2.75, 3.05) is 0 Å². The van der Waals surface area contributed by atoms with Crippen LogP contribution in [0.2, 0.25) is 0 Å². The third kappa shape index (κ3) is 2.90. The van der Waals surface area contributed by atoms with Gasteiger partial charge in [0.15, 0.2) is 0 Å². The van der Waals surface area contributed by atoms with E-state index in [1.54, 1.807) is 0 Å². The van der Waals surface area contributed by atoms with Crippen LogP contribution in [0.3, 0.4) is 0 Å². The van der Waals surface area contributed by atoms with Crippen LogP contribution >= 0.6 is 0 Å². The van der Waals surface area contributed by atoms with Crippen LogP contribution in [0.4, 0.5) is 0 Å². The molecule has 5 aliphatic rings. The topological polar surface area (TPSA) is 98.0 Å². The average molecular weight is 489 g/mol. The SMILES string of the molecule is CC1(C)CCC2(C(=O)O)C(C1)C1=CCC3C4(C)CCC(O)C(C)(C)C4CCC3(C)C1(C)C(O)C2O. The molecule has 5 nitrogen and oxygen atoms in total. The van der Waals surface area contributed by atoms with Crippen LogP contribution in [0.15, 0.2) is 11.6 Å². The highest BCUT2D eigenvalue weighted by molar-refractivity contribution is 5.78. The molecule has 5 rings (SSSR count). The molecule has 5 heteroatoms. The minimum Gasteiger partial charge on any atom is -0.481 e. The van der Waals surface area contributed by atoms with Crippen molar-refractivity contribution in [3.63, 3.8) is 0 Å². The number of fused-ring (bicyclic) bond motifs is 7. The molecule has 0 bridgehead atoms. The van der Waals surface area contributed by atoms with E-state index in [1.165, 1.54) is 0 Å². The van der Waals surface area contributed by atoms with Crippen molar-refractivity contribution in [3.8, 4) is 0 Å². The van der Waals surface area contributed by atoms with Gasteiger partial charge in [-0.1, -0.05) is 60.1 Å². The zero-order chi connectivity index (χ0) is 26.0. The van der Waals surface area contributed by atoms with Crippen LogP contribution < -0.4 is 0 Å². The average Bonchev–Trinajstić information content (AvgIpc) is 2.75. The summed E-state index contributed by atoms with van der Waals surface area (Å²) >= 11 is 0. The highest BCUT2D eigenvalue weighted by atomic mass is 16.4. The van der Waals surface area contributed by atoms with Crippen molar-refractivity contribution >= 4 is 5.97 Å². The second-order valence-electron chi connectivity index (χ2n) is 15.2. The van der Waals surface area contributed by atoms with Crippen molar-refractivity contribution < 1.29 is 25.2 Å². The van der Waals surface area contributed by atoms with E-state index in [2.05, 4.69) is 54.5 Å². The molecule has 0 aromatic rings. The lowest BCUT2D eigenvalue weighted by Crippen LogP contribution is -2.72. The van der Waals surface area contributed by atoms with Gasteiger partial charge in [0.05, 0.1) is 18.3 Å². The van der Waals surface area contributed by atoms with Gasteiger partial charge in [0.2, 0.25) is 0 Å². The van der Waals surface area contributed by atoms with Crippen LogP contribution in [-0.2, 0) is 4.79 Å². The lowest BCUT2D eigenvalue weighted by molar-refractivity contribution is -0.251. The first-order valence-electron chi connectivity index (χ1n) is 14.0. The number of carboxylic acids is 1. The number of allylic oxidation sites excluding steroid dienone is 1. The summed E-state index contributed by atoms with van der Waals surface area (Å²) in [6, 6.07) is 0. The molecule has 0 heterocycles. The number of hydrogen-bond donors (Lipinski definition) is 4. The number of aliphatic carboxylic acids is 1. The Morgan fingerprint density at radius 2 is 1.51 bits per heavy atom. The highest BCUT2D eigenvalue weighted by Crippen LogP contribution is 2.75. The van der Waals surface area contributed by atoms with E-state index in [0.717, 1.165) is 50.5 Å². The number of carboxylic acid groups (broad SMARTS) is 1. The van der Waals surface area contributed by atoms with Gasteiger partial charge in [0.1, 0.15) is 5.41 Å². The maximum Gasteiger partial charge on any atom is 0.313 e. The predicted molar refractivity (Wildman–Crippen MR) is 135 cm³/mol. The van der Waals surface area contributed by atoms with Crippen LogP contribution in [0.1, 0.15) is 99.8 Å². The Hall–Kier alpha value is -0.910. The molecule has 4 saturated carbocycles. The Balaban J connectivity index is 1.67. The number of aliphatic hydroxyl groups is 3. The molecule has 0 aromatic carbocycles. The van der Waals surface area contributed by atoms with E-state index >= 15 is 0 Å². The second-order valence-corrected chi connectivity index (χ2v) is 15.2. The maximum atomic E-state index is 12.8. The zero-order valence-corrected chi connectivity index (χ0v) is 22.9. The van der Waals surface area contributed by atoms with E-state index in [9.17, 15) is 25.2 Å². The Morgan fingerprint density at radius 3 is 2.14 bits per heavy atom. The fraction of sp³-hybridized carbons (Fsp3) is 0.900. The number of carbonyl (C=O) groups is 1. The van der Waals surface area contributed by atoms with Gasteiger partial charge in [-0.15, -0.1) is 0 Å². The van der Waals surface area contributed by atoms with Crippen LogP contribution in [0.25, 0.3) is 0 Å². The molecule has 4 N–H and O–H groups in total. The quantitative estimate of drug-likeness (QED) is 0.382. The number of hydrogen-bond acceptors (Lipinski definition) is 4. The van der Waals surface area contributed by atoms with Gasteiger partial charge < -0.3 is 20.4 Å². The molecule has 4 fully saturated rings. The summed E-state index contributed by atoms with van der Waals surface area (Å²) in [5.41, 5.74) is -1.29. The third-order valence-electron chi connectivity index (χ3n) is 13.2. The third-order valence-corrected chi connectivity index (χ3v) is 13.2. The molecule has 0 spiro atoms. The molecule has 0 aliphatic heterocycles. The molecule has 0 saturated heterocycles. The minimum absolute atomic E-state index is 0.00168. The van der Waals surface area contributed by atoms with Crippen LogP contribution in [0, 0.1) is 50.2 Å². The highest BCUT2D eigenvalue weighted by Gasteiger charge is 2.74. The molecule has 0 aromatic heterocycles. The van der Waals surface area contributed by atoms with Crippen molar-refractivity contribution in [2.45, 2.75) is 118 Å². The monoisotopic (exact) mass is 488 g/mol. The first-order chi connectivity index (χ1) is 16.0. The summed E-state index contributed by atoms with van der Waals surface area (Å²) in [6.45, 7) is 15.7. The van der Waals surface area contributed by atoms with E-state index < -0.39 is 29.0 Å². The first kappa shape index (κ1) is 25.7. The van der Waals surface area contributed by atoms with Gasteiger partial charge >= 0.3 is 5.97 Å². The minimum atomic E-state index is -1.32. The maximum absolute atomic E-state index is 12.8. The summed E-state index contributed by atoms with van der Waals surface area (Å²) in [7, 11) is 0. The standard InChI is InChI=1S/C30H48O5/c1-25(2)14-15-30(24(34)35)18(16-25)17-8-9-20-27(5)12-11-21(31)26(3,4)19(27)10-13-28(20,6)29(17,7)22(32)23(30)33/h8,18-23,31-33H,9-16H2,1-7H3,(H,34,35). The molecule has 10 unspecified atom stereocenters. The summed E-state index contributed by atoms with van der Waals surface area (Å²) in [6.07, 6.45) is 6.03. The van der Waals surface area contributed by atoms with Gasteiger partial charge in [-0.25, -0.2) is 0 Å². The molecule has 0 amide bonds. The van der Waals surface area contributed by atoms with Crippen molar-refractivity contribution in [1.29, 1.82) is 0 Å². The van der Waals surface area contributed by atoms with E-state index in [-0.39, 0.29) is 33.7 Å². The molecule has 0 radical (unpaired) electrons. The second kappa shape index (κ2) is 7.35.